The van der Waals surface area contributed by atoms with Gasteiger partial charge in [0.05, 0.1) is 10.3 Å². The summed E-state index contributed by atoms with van der Waals surface area (Å²) in [6.07, 6.45) is 0. The molecule has 4 nitrogen and oxygen atoms in total. The first-order valence-corrected chi connectivity index (χ1v) is 9.44. The van der Waals surface area contributed by atoms with Gasteiger partial charge < -0.3 is 5.32 Å². The molecule has 7 heteroatoms. The summed E-state index contributed by atoms with van der Waals surface area (Å²) in [5.41, 5.74) is 0.502. The molecule has 1 aliphatic rings. The number of carbonyl (C=O) groups is 1. The first-order chi connectivity index (χ1) is 11.6. The fraction of sp³-hybridized carbons (Fsp3) is 0.353. The number of halogens is 2. The molecule has 1 saturated heterocycles. The first kappa shape index (κ1) is 17.5. The molecule has 0 aliphatic carbocycles. The zero-order valence-corrected chi connectivity index (χ0v) is 15.6. The number of piperazine rings is 1. The van der Waals surface area contributed by atoms with E-state index in [1.165, 1.54) is 17.0 Å². The van der Waals surface area contributed by atoms with Crippen molar-refractivity contribution in [3.05, 3.63) is 50.9 Å². The number of carbonyl (C=O) groups excluding carboxylic acids is 1. The predicted molar refractivity (Wildman–Crippen MR) is 98.8 cm³/mol. The van der Waals surface area contributed by atoms with Gasteiger partial charge in [-0.1, -0.05) is 6.07 Å². The number of rotatable bonds is 5. The number of nitrogens with zero attached hydrogens (tertiary/aromatic N) is 2. The zero-order valence-electron chi connectivity index (χ0n) is 13.2. The van der Waals surface area contributed by atoms with E-state index in [1.54, 1.807) is 23.5 Å². The smallest absolute Gasteiger partial charge is 0.238 e. The molecule has 0 atom stereocenters. The van der Waals surface area contributed by atoms with Gasteiger partial charge >= 0.3 is 0 Å². The van der Waals surface area contributed by atoms with Crippen molar-refractivity contribution >= 4 is 38.9 Å². The minimum absolute atomic E-state index is 0.101. The number of nitrogens with one attached hydrogen (secondary N) is 1. The molecule has 1 aliphatic heterocycles. The zero-order chi connectivity index (χ0) is 16.9. The van der Waals surface area contributed by atoms with Crippen LogP contribution in [-0.4, -0.2) is 48.4 Å². The number of hydrogen-bond acceptors (Lipinski definition) is 4. The second-order valence-corrected chi connectivity index (χ2v) is 8.36. The van der Waals surface area contributed by atoms with Crippen LogP contribution in [0.3, 0.4) is 0 Å². The van der Waals surface area contributed by atoms with Gasteiger partial charge in [-0.3, -0.25) is 14.6 Å². The summed E-state index contributed by atoms with van der Waals surface area (Å²) in [6, 6.07) is 10.2. The van der Waals surface area contributed by atoms with Crippen molar-refractivity contribution in [3.63, 3.8) is 0 Å². The lowest BCUT2D eigenvalue weighted by molar-refractivity contribution is -0.117. The molecule has 128 valence electrons. The van der Waals surface area contributed by atoms with E-state index < -0.39 is 0 Å². The van der Waals surface area contributed by atoms with Crippen LogP contribution in [0.15, 0.2) is 40.2 Å². The van der Waals surface area contributed by atoms with Crippen LogP contribution in [0.25, 0.3) is 0 Å². The maximum absolute atomic E-state index is 13.1. The Bertz CT molecular complexity index is 701. The first-order valence-electron chi connectivity index (χ1n) is 7.83. The number of anilines is 1. The second kappa shape index (κ2) is 8.20. The molecule has 0 radical (unpaired) electrons. The van der Waals surface area contributed by atoms with Crippen molar-refractivity contribution in [2.24, 2.45) is 0 Å². The van der Waals surface area contributed by atoms with Crippen LogP contribution >= 0.6 is 27.3 Å². The maximum atomic E-state index is 13.1. The Morgan fingerprint density at radius 1 is 1.17 bits per heavy atom. The monoisotopic (exact) mass is 411 g/mol. The quantitative estimate of drug-likeness (QED) is 0.818. The topological polar surface area (TPSA) is 35.6 Å². The van der Waals surface area contributed by atoms with Crippen molar-refractivity contribution in [1.29, 1.82) is 0 Å². The third-order valence-corrected chi connectivity index (χ3v) is 5.56. The van der Waals surface area contributed by atoms with Gasteiger partial charge in [-0.15, -0.1) is 11.3 Å². The molecule has 3 rings (SSSR count). The highest BCUT2D eigenvalue weighted by Crippen LogP contribution is 2.23. The molecule has 1 aromatic heterocycles. The minimum atomic E-state index is -0.346. The standard InChI is InChI=1S/C17H19BrFN3OS/c18-16-5-4-15(24-16)11-21-6-8-22(9-7-21)12-17(23)20-14-3-1-2-13(19)10-14/h1-5,10H,6-9,11-12H2,(H,20,23). The Morgan fingerprint density at radius 2 is 1.92 bits per heavy atom. The Kier molecular flexibility index (Phi) is 5.99. The van der Waals surface area contributed by atoms with Crippen molar-refractivity contribution < 1.29 is 9.18 Å². The fourth-order valence-corrected chi connectivity index (χ4v) is 4.26. The summed E-state index contributed by atoms with van der Waals surface area (Å²) in [4.78, 5) is 18.0. The summed E-state index contributed by atoms with van der Waals surface area (Å²) < 4.78 is 14.3. The van der Waals surface area contributed by atoms with E-state index in [9.17, 15) is 9.18 Å². The van der Waals surface area contributed by atoms with E-state index in [0.29, 0.717) is 12.2 Å². The van der Waals surface area contributed by atoms with Crippen molar-refractivity contribution in [2.45, 2.75) is 6.54 Å². The van der Waals surface area contributed by atoms with Gasteiger partial charge in [0.1, 0.15) is 5.82 Å². The van der Waals surface area contributed by atoms with Crippen LogP contribution in [0.4, 0.5) is 10.1 Å². The Balaban J connectivity index is 1.42. The Labute approximate surface area is 153 Å². The molecule has 0 spiro atoms. The number of hydrogen-bond donors (Lipinski definition) is 1. The van der Waals surface area contributed by atoms with Crippen LogP contribution in [0.1, 0.15) is 4.88 Å². The van der Waals surface area contributed by atoms with Crippen LogP contribution in [0, 0.1) is 5.82 Å². The number of thiophene rings is 1. The normalized spacial score (nSPS) is 16.2. The third-order valence-electron chi connectivity index (χ3n) is 3.95. The van der Waals surface area contributed by atoms with Crippen molar-refractivity contribution in [1.82, 2.24) is 9.80 Å². The van der Waals surface area contributed by atoms with Gasteiger partial charge in [0.25, 0.3) is 0 Å². The lowest BCUT2D eigenvalue weighted by Gasteiger charge is -2.34. The minimum Gasteiger partial charge on any atom is -0.325 e. The lowest BCUT2D eigenvalue weighted by atomic mass is 10.3. The van der Waals surface area contributed by atoms with Crippen molar-refractivity contribution in [2.75, 3.05) is 38.0 Å². The molecular weight excluding hydrogens is 393 g/mol. The summed E-state index contributed by atoms with van der Waals surface area (Å²) in [7, 11) is 0. The average molecular weight is 412 g/mol. The molecule has 1 amide bonds. The van der Waals surface area contributed by atoms with Gasteiger partial charge in [0.2, 0.25) is 5.91 Å². The van der Waals surface area contributed by atoms with Crippen LogP contribution in [0.2, 0.25) is 0 Å². The van der Waals surface area contributed by atoms with Gasteiger partial charge in [-0.05, 0) is 46.3 Å². The van der Waals surface area contributed by atoms with Gasteiger partial charge in [0.15, 0.2) is 0 Å². The van der Waals surface area contributed by atoms with Crippen molar-refractivity contribution in [3.8, 4) is 0 Å². The highest BCUT2D eigenvalue weighted by Gasteiger charge is 2.19. The van der Waals surface area contributed by atoms with Crippen LogP contribution in [0.5, 0.6) is 0 Å². The molecule has 1 fully saturated rings. The molecule has 2 heterocycles. The molecule has 2 aromatic rings. The molecule has 0 bridgehead atoms. The van der Waals surface area contributed by atoms with E-state index in [1.807, 2.05) is 0 Å². The summed E-state index contributed by atoms with van der Waals surface area (Å²) in [6.45, 7) is 4.92. The highest BCUT2D eigenvalue weighted by atomic mass is 79.9. The average Bonchev–Trinajstić information content (AvgIpc) is 2.94. The summed E-state index contributed by atoms with van der Waals surface area (Å²) in [5, 5.41) is 2.75. The second-order valence-electron chi connectivity index (χ2n) is 5.82. The van der Waals surface area contributed by atoms with E-state index in [0.717, 1.165) is 36.5 Å². The van der Waals surface area contributed by atoms with E-state index in [-0.39, 0.29) is 11.7 Å². The number of amides is 1. The highest BCUT2D eigenvalue weighted by molar-refractivity contribution is 9.11. The summed E-state index contributed by atoms with van der Waals surface area (Å²) >= 11 is 5.25. The van der Waals surface area contributed by atoms with E-state index >= 15 is 0 Å². The van der Waals surface area contributed by atoms with E-state index in [4.69, 9.17) is 0 Å². The Hall–Kier alpha value is -1.28. The Morgan fingerprint density at radius 3 is 2.58 bits per heavy atom. The summed E-state index contributed by atoms with van der Waals surface area (Å²) in [5.74, 6) is -0.446. The van der Waals surface area contributed by atoms with Crippen LogP contribution in [-0.2, 0) is 11.3 Å². The SMILES string of the molecule is O=C(CN1CCN(Cc2ccc(Br)s2)CC1)Nc1cccc(F)c1. The van der Waals surface area contributed by atoms with Gasteiger partial charge in [0, 0.05) is 43.3 Å². The molecule has 0 unspecified atom stereocenters. The van der Waals surface area contributed by atoms with Gasteiger partial charge in [-0.2, -0.15) is 0 Å². The molecule has 24 heavy (non-hydrogen) atoms. The predicted octanol–water partition coefficient (Wildman–Crippen LogP) is 3.41. The largest absolute Gasteiger partial charge is 0.325 e. The number of benzene rings is 1. The third kappa shape index (κ3) is 5.11. The van der Waals surface area contributed by atoms with Crippen LogP contribution < -0.4 is 5.32 Å². The molecule has 1 aromatic carbocycles. The van der Waals surface area contributed by atoms with E-state index in [2.05, 4.69) is 43.2 Å². The molecule has 1 N–H and O–H groups in total. The molecular formula is C17H19BrFN3OS. The lowest BCUT2D eigenvalue weighted by Crippen LogP contribution is -2.48. The maximum Gasteiger partial charge on any atom is 0.238 e. The fourth-order valence-electron chi connectivity index (χ4n) is 2.73. The molecule has 0 saturated carbocycles. The van der Waals surface area contributed by atoms with Gasteiger partial charge in [-0.25, -0.2) is 4.39 Å².